The Morgan fingerprint density at radius 1 is 1.22 bits per heavy atom. The average molecular weight is 250 g/mol. The van der Waals surface area contributed by atoms with Crippen molar-refractivity contribution in [1.29, 1.82) is 0 Å². The second-order valence-corrected chi connectivity index (χ2v) is 5.74. The fraction of sp³-hybridized carbons (Fsp3) is 0.625. The van der Waals surface area contributed by atoms with Gasteiger partial charge in [0.25, 0.3) is 0 Å². The first kappa shape index (κ1) is 15.0. The fourth-order valence-electron chi connectivity index (χ4n) is 1.96. The van der Waals surface area contributed by atoms with Gasteiger partial charge in [0.05, 0.1) is 18.3 Å². The van der Waals surface area contributed by atoms with Gasteiger partial charge < -0.3 is 9.47 Å². The van der Waals surface area contributed by atoms with Crippen molar-refractivity contribution in [2.45, 2.75) is 59.7 Å². The summed E-state index contributed by atoms with van der Waals surface area (Å²) in [6, 6.07) is 6.22. The Kier molecular flexibility index (Phi) is 5.21. The molecule has 1 atom stereocenters. The van der Waals surface area contributed by atoms with E-state index in [2.05, 4.69) is 53.7 Å². The quantitative estimate of drug-likeness (QED) is 0.756. The molecule has 18 heavy (non-hydrogen) atoms. The van der Waals surface area contributed by atoms with Crippen LogP contribution in [0.15, 0.2) is 18.2 Å². The molecule has 0 fully saturated rings. The van der Waals surface area contributed by atoms with E-state index < -0.39 is 0 Å². The minimum Gasteiger partial charge on any atom is -0.494 e. The lowest BCUT2D eigenvalue weighted by molar-refractivity contribution is -0.0532. The third-order valence-electron chi connectivity index (χ3n) is 2.69. The summed E-state index contributed by atoms with van der Waals surface area (Å²) >= 11 is 0. The van der Waals surface area contributed by atoms with Crippen molar-refractivity contribution in [3.8, 4) is 5.75 Å². The maximum atomic E-state index is 6.01. The van der Waals surface area contributed by atoms with Crippen molar-refractivity contribution < 1.29 is 9.47 Å². The molecule has 0 saturated carbocycles. The van der Waals surface area contributed by atoms with Crippen LogP contribution in [0.2, 0.25) is 0 Å². The van der Waals surface area contributed by atoms with E-state index in [1.54, 1.807) is 0 Å². The van der Waals surface area contributed by atoms with Gasteiger partial charge in [0.1, 0.15) is 5.75 Å². The van der Waals surface area contributed by atoms with E-state index >= 15 is 0 Å². The molecule has 2 nitrogen and oxygen atoms in total. The van der Waals surface area contributed by atoms with Gasteiger partial charge in [-0.05, 0) is 64.3 Å². The van der Waals surface area contributed by atoms with Crippen LogP contribution in [0.25, 0.3) is 0 Å². The SMILES string of the molecule is CCCOc1ccc(C)c(C(C)OC(C)(C)C)c1. The van der Waals surface area contributed by atoms with Gasteiger partial charge in [-0.3, -0.25) is 0 Å². The molecular weight excluding hydrogens is 224 g/mol. The number of ether oxygens (including phenoxy) is 2. The van der Waals surface area contributed by atoms with Gasteiger partial charge in [0, 0.05) is 0 Å². The van der Waals surface area contributed by atoms with E-state index in [0.717, 1.165) is 18.8 Å². The Morgan fingerprint density at radius 3 is 2.44 bits per heavy atom. The number of aryl methyl sites for hydroxylation is 1. The summed E-state index contributed by atoms with van der Waals surface area (Å²) in [5.41, 5.74) is 2.32. The maximum absolute atomic E-state index is 6.01. The van der Waals surface area contributed by atoms with Crippen molar-refractivity contribution in [1.82, 2.24) is 0 Å². The highest BCUT2D eigenvalue weighted by molar-refractivity contribution is 5.36. The normalized spacial score (nSPS) is 13.4. The van der Waals surface area contributed by atoms with Crippen molar-refractivity contribution in [3.05, 3.63) is 29.3 Å². The summed E-state index contributed by atoms with van der Waals surface area (Å²) in [5, 5.41) is 0. The highest BCUT2D eigenvalue weighted by atomic mass is 16.5. The van der Waals surface area contributed by atoms with Gasteiger partial charge in [0.15, 0.2) is 0 Å². The van der Waals surface area contributed by atoms with Gasteiger partial charge in [0.2, 0.25) is 0 Å². The van der Waals surface area contributed by atoms with Crippen molar-refractivity contribution in [2.24, 2.45) is 0 Å². The van der Waals surface area contributed by atoms with Crippen LogP contribution in [0.1, 0.15) is 58.3 Å². The van der Waals surface area contributed by atoms with Crippen LogP contribution < -0.4 is 4.74 Å². The molecule has 0 saturated heterocycles. The minimum absolute atomic E-state index is 0.0789. The summed E-state index contributed by atoms with van der Waals surface area (Å²) in [6.07, 6.45) is 1.10. The largest absolute Gasteiger partial charge is 0.494 e. The molecule has 0 aliphatic rings. The highest BCUT2D eigenvalue weighted by Crippen LogP contribution is 2.28. The molecule has 2 heteroatoms. The number of rotatable bonds is 5. The Balaban J connectivity index is 2.86. The second kappa shape index (κ2) is 6.24. The van der Waals surface area contributed by atoms with Gasteiger partial charge >= 0.3 is 0 Å². The molecule has 0 aromatic heterocycles. The van der Waals surface area contributed by atoms with Crippen LogP contribution in [0.5, 0.6) is 5.75 Å². The van der Waals surface area contributed by atoms with E-state index in [1.165, 1.54) is 11.1 Å². The first-order valence-electron chi connectivity index (χ1n) is 6.74. The molecule has 1 unspecified atom stereocenters. The van der Waals surface area contributed by atoms with Crippen molar-refractivity contribution in [2.75, 3.05) is 6.61 Å². The van der Waals surface area contributed by atoms with Crippen LogP contribution in [0.4, 0.5) is 0 Å². The third-order valence-corrected chi connectivity index (χ3v) is 2.69. The molecule has 0 bridgehead atoms. The summed E-state index contributed by atoms with van der Waals surface area (Å²) in [5.74, 6) is 0.932. The molecule has 1 aromatic rings. The average Bonchev–Trinajstić information content (AvgIpc) is 2.25. The summed E-state index contributed by atoms with van der Waals surface area (Å²) in [6.45, 7) is 13.3. The van der Waals surface area contributed by atoms with E-state index in [0.29, 0.717) is 0 Å². The van der Waals surface area contributed by atoms with Gasteiger partial charge in [-0.2, -0.15) is 0 Å². The molecule has 0 spiro atoms. The molecule has 102 valence electrons. The number of benzene rings is 1. The van der Waals surface area contributed by atoms with E-state index in [-0.39, 0.29) is 11.7 Å². The Labute approximate surface area is 111 Å². The third kappa shape index (κ3) is 4.69. The monoisotopic (exact) mass is 250 g/mol. The first-order valence-corrected chi connectivity index (χ1v) is 6.74. The zero-order valence-corrected chi connectivity index (χ0v) is 12.5. The zero-order valence-electron chi connectivity index (χ0n) is 12.5. The van der Waals surface area contributed by atoms with E-state index in [9.17, 15) is 0 Å². The van der Waals surface area contributed by atoms with E-state index in [1.807, 2.05) is 6.07 Å². The van der Waals surface area contributed by atoms with Crippen LogP contribution in [0.3, 0.4) is 0 Å². The minimum atomic E-state index is -0.133. The lowest BCUT2D eigenvalue weighted by atomic mass is 10.0. The first-order chi connectivity index (χ1) is 8.33. The molecule has 0 aliphatic carbocycles. The lowest BCUT2D eigenvalue weighted by Gasteiger charge is -2.26. The zero-order chi connectivity index (χ0) is 13.8. The molecule has 1 aromatic carbocycles. The Bertz CT molecular complexity index is 377. The Morgan fingerprint density at radius 2 is 1.89 bits per heavy atom. The predicted octanol–water partition coefficient (Wildman–Crippen LogP) is 4.66. The summed E-state index contributed by atoms with van der Waals surface area (Å²) < 4.78 is 11.7. The van der Waals surface area contributed by atoms with Gasteiger partial charge in [-0.15, -0.1) is 0 Å². The smallest absolute Gasteiger partial charge is 0.119 e. The molecule has 1 rings (SSSR count). The van der Waals surface area contributed by atoms with Crippen molar-refractivity contribution >= 4 is 0 Å². The maximum Gasteiger partial charge on any atom is 0.119 e. The number of hydrogen-bond donors (Lipinski definition) is 0. The molecule has 0 heterocycles. The Hall–Kier alpha value is -1.02. The standard InChI is InChI=1S/C16H26O2/c1-7-10-17-14-9-8-12(2)15(11-14)13(3)18-16(4,5)6/h8-9,11,13H,7,10H2,1-6H3. The second-order valence-electron chi connectivity index (χ2n) is 5.74. The molecule has 0 radical (unpaired) electrons. The molecule has 0 aliphatic heterocycles. The molecular formula is C16H26O2. The summed E-state index contributed by atoms with van der Waals surface area (Å²) in [4.78, 5) is 0. The van der Waals surface area contributed by atoms with Crippen LogP contribution >= 0.6 is 0 Å². The van der Waals surface area contributed by atoms with Gasteiger partial charge in [-0.25, -0.2) is 0 Å². The summed E-state index contributed by atoms with van der Waals surface area (Å²) in [7, 11) is 0. The topological polar surface area (TPSA) is 18.5 Å². The van der Waals surface area contributed by atoms with Crippen LogP contribution in [0, 0.1) is 6.92 Å². The molecule has 0 N–H and O–H groups in total. The van der Waals surface area contributed by atoms with Crippen LogP contribution in [-0.2, 0) is 4.74 Å². The highest BCUT2D eigenvalue weighted by Gasteiger charge is 2.18. The number of hydrogen-bond acceptors (Lipinski definition) is 2. The molecule has 0 amide bonds. The lowest BCUT2D eigenvalue weighted by Crippen LogP contribution is -2.21. The van der Waals surface area contributed by atoms with E-state index in [4.69, 9.17) is 9.47 Å². The predicted molar refractivity (Wildman–Crippen MR) is 76.2 cm³/mol. The van der Waals surface area contributed by atoms with Crippen LogP contribution in [-0.4, -0.2) is 12.2 Å². The van der Waals surface area contributed by atoms with Gasteiger partial charge in [-0.1, -0.05) is 13.0 Å². The fourth-order valence-corrected chi connectivity index (χ4v) is 1.96. The van der Waals surface area contributed by atoms with Crippen molar-refractivity contribution in [3.63, 3.8) is 0 Å².